The minimum Gasteiger partial charge on any atom is -0.462 e. The van der Waals surface area contributed by atoms with Crippen LogP contribution in [0.1, 0.15) is 40.0 Å². The highest BCUT2D eigenvalue weighted by Crippen LogP contribution is 2.24. The molecule has 0 bridgehead atoms. The van der Waals surface area contributed by atoms with E-state index in [1.54, 1.807) is 13.8 Å². The topological polar surface area (TPSA) is 103 Å². The van der Waals surface area contributed by atoms with E-state index in [0.29, 0.717) is 32.8 Å². The number of hydrogen-bond donors (Lipinski definition) is 1. The normalized spacial score (nSPS) is 12.7. The van der Waals surface area contributed by atoms with Crippen molar-refractivity contribution in [3.05, 3.63) is 32.2 Å². The van der Waals surface area contributed by atoms with E-state index in [2.05, 4.69) is 15.3 Å². The molecule has 0 aliphatic heterocycles. The van der Waals surface area contributed by atoms with E-state index < -0.39 is 11.9 Å². The van der Waals surface area contributed by atoms with Gasteiger partial charge in [-0.3, -0.25) is 14.2 Å². The summed E-state index contributed by atoms with van der Waals surface area (Å²) in [5.41, 5.74) is 1.89. The van der Waals surface area contributed by atoms with Gasteiger partial charge in [0.2, 0.25) is 5.91 Å². The van der Waals surface area contributed by atoms with E-state index in [-0.39, 0.29) is 18.7 Å². The summed E-state index contributed by atoms with van der Waals surface area (Å²) in [4.78, 5) is 46.1. The van der Waals surface area contributed by atoms with Gasteiger partial charge in [0.25, 0.3) is 5.56 Å². The van der Waals surface area contributed by atoms with Crippen LogP contribution in [0.5, 0.6) is 0 Å². The number of hydrogen-bond acceptors (Lipinski definition) is 8. The number of nitrogens with zero attached hydrogens (tertiary/aromatic N) is 3. The molecular weight excluding hydrogens is 388 g/mol. The van der Waals surface area contributed by atoms with Crippen LogP contribution in [0, 0.1) is 6.92 Å². The molecule has 0 fully saturated rings. The van der Waals surface area contributed by atoms with Crippen molar-refractivity contribution in [2.45, 2.75) is 44.8 Å². The number of thiazole rings is 1. The standard InChI is InChI=1S/C17H20N4O4S2/c1-4-25-15(24)13-9(2)18-16(27-13)20-12(22)8-21-14(23)10-6-5-7-11(10)19-17(21)26-3/h4-8H2,1-3H3,(H,18,20,22). The van der Waals surface area contributed by atoms with Crippen molar-refractivity contribution in [3.8, 4) is 0 Å². The lowest BCUT2D eigenvalue weighted by molar-refractivity contribution is -0.116. The summed E-state index contributed by atoms with van der Waals surface area (Å²) in [6.45, 7) is 3.52. The fourth-order valence-corrected chi connectivity index (χ4v) is 4.39. The van der Waals surface area contributed by atoms with Crippen LogP contribution < -0.4 is 10.9 Å². The Balaban J connectivity index is 1.78. The Bertz CT molecular complexity index is 951. The molecule has 1 aliphatic carbocycles. The molecule has 0 radical (unpaired) electrons. The number of aryl methyl sites for hydroxylation is 2. The van der Waals surface area contributed by atoms with Crippen LogP contribution in [0.15, 0.2) is 9.95 Å². The van der Waals surface area contributed by atoms with Crippen LogP contribution in [0.4, 0.5) is 5.13 Å². The average Bonchev–Trinajstić information content (AvgIpc) is 3.24. The molecule has 0 aromatic carbocycles. The first-order valence-electron chi connectivity index (χ1n) is 8.55. The molecule has 2 aromatic rings. The van der Waals surface area contributed by atoms with Gasteiger partial charge in [0.15, 0.2) is 10.3 Å². The van der Waals surface area contributed by atoms with Gasteiger partial charge >= 0.3 is 5.97 Å². The Kier molecular flexibility index (Phi) is 5.95. The third-order valence-corrected chi connectivity index (χ3v) is 5.87. The largest absolute Gasteiger partial charge is 0.462 e. The third-order valence-electron chi connectivity index (χ3n) is 4.14. The van der Waals surface area contributed by atoms with E-state index in [9.17, 15) is 14.4 Å². The van der Waals surface area contributed by atoms with Crippen molar-refractivity contribution >= 4 is 40.1 Å². The lowest BCUT2D eigenvalue weighted by Gasteiger charge is -2.12. The summed E-state index contributed by atoms with van der Waals surface area (Å²) in [6.07, 6.45) is 4.25. The Morgan fingerprint density at radius 1 is 1.33 bits per heavy atom. The van der Waals surface area contributed by atoms with Gasteiger partial charge < -0.3 is 10.1 Å². The fourth-order valence-electron chi connectivity index (χ4n) is 2.94. The zero-order chi connectivity index (χ0) is 19.6. The van der Waals surface area contributed by atoms with Crippen LogP contribution in [0.3, 0.4) is 0 Å². The molecular formula is C17H20N4O4S2. The molecule has 0 atom stereocenters. The second-order valence-electron chi connectivity index (χ2n) is 5.97. The van der Waals surface area contributed by atoms with Gasteiger partial charge in [-0.25, -0.2) is 14.8 Å². The summed E-state index contributed by atoms with van der Waals surface area (Å²) in [5.74, 6) is -0.854. The van der Waals surface area contributed by atoms with E-state index in [0.717, 1.165) is 29.9 Å². The molecule has 2 heterocycles. The first-order valence-corrected chi connectivity index (χ1v) is 10.6. The van der Waals surface area contributed by atoms with E-state index in [1.165, 1.54) is 16.3 Å². The maximum Gasteiger partial charge on any atom is 0.350 e. The Morgan fingerprint density at radius 2 is 2.11 bits per heavy atom. The van der Waals surface area contributed by atoms with Crippen molar-refractivity contribution in [2.24, 2.45) is 0 Å². The average molecular weight is 409 g/mol. The molecule has 0 saturated carbocycles. The minimum absolute atomic E-state index is 0.150. The Labute approximate surface area is 164 Å². The highest BCUT2D eigenvalue weighted by Gasteiger charge is 2.22. The van der Waals surface area contributed by atoms with Gasteiger partial charge in [0, 0.05) is 5.56 Å². The van der Waals surface area contributed by atoms with Crippen LogP contribution in [-0.4, -0.2) is 39.3 Å². The van der Waals surface area contributed by atoms with Crippen LogP contribution in [-0.2, 0) is 28.9 Å². The zero-order valence-electron chi connectivity index (χ0n) is 15.3. The van der Waals surface area contributed by atoms with E-state index in [1.807, 2.05) is 6.26 Å². The second-order valence-corrected chi connectivity index (χ2v) is 7.74. The molecule has 27 heavy (non-hydrogen) atoms. The Hall–Kier alpha value is -2.20. The van der Waals surface area contributed by atoms with Crippen molar-refractivity contribution in [1.29, 1.82) is 0 Å². The SMILES string of the molecule is CCOC(=O)c1sc(NC(=O)Cn2c(SC)nc3c(c2=O)CCC3)nc1C. The number of nitrogens with one attached hydrogen (secondary N) is 1. The maximum atomic E-state index is 12.7. The number of aromatic nitrogens is 3. The van der Waals surface area contributed by atoms with Gasteiger partial charge in [0.05, 0.1) is 18.0 Å². The highest BCUT2D eigenvalue weighted by atomic mass is 32.2. The number of fused-ring (bicyclic) bond motifs is 1. The number of carbonyl (C=O) groups is 2. The third kappa shape index (κ3) is 4.06. The first-order chi connectivity index (χ1) is 12.9. The number of rotatable bonds is 6. The summed E-state index contributed by atoms with van der Waals surface area (Å²) in [6, 6.07) is 0. The summed E-state index contributed by atoms with van der Waals surface area (Å²) in [7, 11) is 0. The fraction of sp³-hybridized carbons (Fsp3) is 0.471. The lowest BCUT2D eigenvalue weighted by Crippen LogP contribution is -2.31. The second kappa shape index (κ2) is 8.22. The molecule has 0 saturated heterocycles. The number of carbonyl (C=O) groups excluding carboxylic acids is 2. The maximum absolute atomic E-state index is 12.7. The summed E-state index contributed by atoms with van der Waals surface area (Å²) in [5, 5.41) is 3.48. The zero-order valence-corrected chi connectivity index (χ0v) is 17.0. The number of ether oxygens (including phenoxy) is 1. The van der Waals surface area contributed by atoms with Crippen molar-refractivity contribution in [2.75, 3.05) is 18.2 Å². The summed E-state index contributed by atoms with van der Waals surface area (Å²) < 4.78 is 6.37. The molecule has 8 nitrogen and oxygen atoms in total. The number of thioether (sulfide) groups is 1. The quantitative estimate of drug-likeness (QED) is 0.443. The van der Waals surface area contributed by atoms with Gasteiger partial charge in [0.1, 0.15) is 11.4 Å². The molecule has 2 aromatic heterocycles. The molecule has 1 amide bonds. The Morgan fingerprint density at radius 3 is 2.81 bits per heavy atom. The van der Waals surface area contributed by atoms with Gasteiger partial charge in [-0.1, -0.05) is 23.1 Å². The lowest BCUT2D eigenvalue weighted by atomic mass is 10.2. The van der Waals surface area contributed by atoms with Crippen LogP contribution in [0.2, 0.25) is 0 Å². The van der Waals surface area contributed by atoms with Crippen LogP contribution in [0.25, 0.3) is 0 Å². The minimum atomic E-state index is -0.461. The smallest absolute Gasteiger partial charge is 0.350 e. The van der Waals surface area contributed by atoms with E-state index in [4.69, 9.17) is 4.74 Å². The summed E-state index contributed by atoms with van der Waals surface area (Å²) >= 11 is 2.39. The number of esters is 1. The van der Waals surface area contributed by atoms with Gasteiger partial charge in [-0.05, 0) is 39.4 Å². The molecule has 1 N–H and O–H groups in total. The predicted molar refractivity (Wildman–Crippen MR) is 104 cm³/mol. The molecule has 0 spiro atoms. The molecule has 3 rings (SSSR count). The van der Waals surface area contributed by atoms with Gasteiger partial charge in [-0.2, -0.15) is 0 Å². The van der Waals surface area contributed by atoms with E-state index >= 15 is 0 Å². The van der Waals surface area contributed by atoms with Crippen molar-refractivity contribution in [1.82, 2.24) is 14.5 Å². The first kappa shape index (κ1) is 19.6. The molecule has 0 unspecified atom stereocenters. The van der Waals surface area contributed by atoms with Gasteiger partial charge in [-0.15, -0.1) is 0 Å². The van der Waals surface area contributed by atoms with Crippen molar-refractivity contribution in [3.63, 3.8) is 0 Å². The molecule has 10 heteroatoms. The monoisotopic (exact) mass is 408 g/mol. The number of amides is 1. The predicted octanol–water partition coefficient (Wildman–Crippen LogP) is 2.03. The van der Waals surface area contributed by atoms with Crippen molar-refractivity contribution < 1.29 is 14.3 Å². The molecule has 144 valence electrons. The molecule has 1 aliphatic rings. The number of anilines is 1. The highest BCUT2D eigenvalue weighted by molar-refractivity contribution is 7.98. The van der Waals surface area contributed by atoms with Crippen LogP contribution >= 0.6 is 23.1 Å².